The Morgan fingerprint density at radius 2 is 1.78 bits per heavy atom. The summed E-state index contributed by atoms with van der Waals surface area (Å²) in [6, 6.07) is 12.7. The van der Waals surface area contributed by atoms with Crippen LogP contribution in [-0.4, -0.2) is 42.2 Å². The van der Waals surface area contributed by atoms with Crippen LogP contribution in [0.15, 0.2) is 51.7 Å². The number of hydrogen-bond donors (Lipinski definition) is 0. The molecule has 1 aliphatic heterocycles. The number of aromatic nitrogens is 1. The molecule has 0 spiro atoms. The molecule has 1 fully saturated rings. The summed E-state index contributed by atoms with van der Waals surface area (Å²) in [6.07, 6.45) is 2.03. The van der Waals surface area contributed by atoms with E-state index < -0.39 is 0 Å². The number of nitrogens with zero attached hydrogens (tertiary/aromatic N) is 3. The maximum absolute atomic E-state index is 13.1. The lowest BCUT2D eigenvalue weighted by Gasteiger charge is -2.36. The Hall–Kier alpha value is -2.60. The molecule has 0 atom stereocenters. The van der Waals surface area contributed by atoms with Crippen LogP contribution in [0.4, 0.5) is 10.1 Å². The third-order valence-electron chi connectivity index (χ3n) is 5.36. The number of hydrogen-bond acceptors (Lipinski definition) is 4. The lowest BCUT2D eigenvalue weighted by Crippen LogP contribution is -2.46. The molecule has 2 aromatic carbocycles. The Morgan fingerprint density at radius 1 is 1.04 bits per heavy atom. The number of fused-ring (bicyclic) bond motifs is 1. The summed E-state index contributed by atoms with van der Waals surface area (Å²) in [5, 5.41) is 0. The highest BCUT2D eigenvalue weighted by Gasteiger charge is 2.17. The van der Waals surface area contributed by atoms with E-state index in [0.29, 0.717) is 5.58 Å². The second-order valence-electron chi connectivity index (χ2n) is 7.14. The molecule has 0 unspecified atom stereocenters. The summed E-state index contributed by atoms with van der Waals surface area (Å²) >= 11 is 0. The Bertz CT molecular complexity index is 969. The van der Waals surface area contributed by atoms with E-state index in [1.165, 1.54) is 22.3 Å². The molecule has 5 nitrogen and oxygen atoms in total. The van der Waals surface area contributed by atoms with Gasteiger partial charge >= 0.3 is 5.76 Å². The van der Waals surface area contributed by atoms with Crippen molar-refractivity contribution in [1.29, 1.82) is 0 Å². The second kappa shape index (κ2) is 7.56. The van der Waals surface area contributed by atoms with Crippen molar-refractivity contribution in [2.75, 3.05) is 37.6 Å². The number of halogens is 1. The van der Waals surface area contributed by atoms with E-state index in [-0.39, 0.29) is 11.6 Å². The first kappa shape index (κ1) is 17.8. The topological polar surface area (TPSA) is 41.6 Å². The smallest absolute Gasteiger partial charge is 0.408 e. The molecule has 3 aromatic rings. The second-order valence-corrected chi connectivity index (χ2v) is 7.14. The maximum Gasteiger partial charge on any atom is 0.419 e. The molecule has 1 aliphatic rings. The van der Waals surface area contributed by atoms with E-state index in [9.17, 15) is 9.18 Å². The zero-order valence-electron chi connectivity index (χ0n) is 15.5. The predicted molar refractivity (Wildman–Crippen MR) is 105 cm³/mol. The predicted octanol–water partition coefficient (Wildman–Crippen LogP) is 3.03. The van der Waals surface area contributed by atoms with E-state index in [0.717, 1.165) is 56.8 Å². The molecule has 0 N–H and O–H groups in total. The van der Waals surface area contributed by atoms with Crippen molar-refractivity contribution in [3.8, 4) is 0 Å². The number of benzene rings is 2. The zero-order valence-corrected chi connectivity index (χ0v) is 15.5. The van der Waals surface area contributed by atoms with E-state index in [2.05, 4.69) is 15.9 Å². The number of rotatable bonds is 5. The van der Waals surface area contributed by atoms with Crippen molar-refractivity contribution < 1.29 is 8.81 Å². The Labute approximate surface area is 157 Å². The molecule has 6 heteroatoms. The van der Waals surface area contributed by atoms with Crippen molar-refractivity contribution in [2.45, 2.75) is 12.8 Å². The van der Waals surface area contributed by atoms with Crippen LogP contribution in [0, 0.1) is 5.82 Å². The van der Waals surface area contributed by atoms with Gasteiger partial charge in [-0.2, -0.15) is 0 Å². The fraction of sp³-hybridized carbons (Fsp3) is 0.381. The average molecular weight is 369 g/mol. The largest absolute Gasteiger partial charge is 0.419 e. The van der Waals surface area contributed by atoms with Gasteiger partial charge in [0, 0.05) is 38.9 Å². The van der Waals surface area contributed by atoms with Crippen LogP contribution in [0.3, 0.4) is 0 Å². The molecule has 4 rings (SSSR count). The number of anilines is 1. The van der Waals surface area contributed by atoms with Gasteiger partial charge < -0.3 is 9.32 Å². The summed E-state index contributed by atoms with van der Waals surface area (Å²) in [6.45, 7) is 5.02. The van der Waals surface area contributed by atoms with Crippen LogP contribution < -0.4 is 10.7 Å². The van der Waals surface area contributed by atoms with Gasteiger partial charge in [0.15, 0.2) is 5.58 Å². The molecular weight excluding hydrogens is 345 g/mol. The Kier molecular flexibility index (Phi) is 4.99. The molecule has 0 saturated carbocycles. The lowest BCUT2D eigenvalue weighted by molar-refractivity contribution is 0.255. The van der Waals surface area contributed by atoms with Gasteiger partial charge in [-0.25, -0.2) is 9.18 Å². The molecule has 1 aromatic heterocycles. The van der Waals surface area contributed by atoms with E-state index in [4.69, 9.17) is 4.42 Å². The standard InChI is InChI=1S/C21H24FN3O2/c1-23-19-9-4-16(15-20(19)27-21(23)26)3-2-10-24-11-13-25(14-12-24)18-7-5-17(22)6-8-18/h4-9,15H,2-3,10-14H2,1H3. The van der Waals surface area contributed by atoms with Gasteiger partial charge in [-0.15, -0.1) is 0 Å². The van der Waals surface area contributed by atoms with Gasteiger partial charge in [0.2, 0.25) is 0 Å². The number of aryl methyl sites for hydroxylation is 2. The summed E-state index contributed by atoms with van der Waals surface area (Å²) in [5.74, 6) is -0.508. The van der Waals surface area contributed by atoms with Crippen molar-refractivity contribution in [1.82, 2.24) is 9.47 Å². The molecule has 27 heavy (non-hydrogen) atoms. The number of oxazole rings is 1. The third kappa shape index (κ3) is 3.90. The summed E-state index contributed by atoms with van der Waals surface area (Å²) < 4.78 is 19.8. The van der Waals surface area contributed by atoms with E-state index in [1.54, 1.807) is 7.05 Å². The normalized spacial score (nSPS) is 15.6. The van der Waals surface area contributed by atoms with Gasteiger partial charge in [-0.05, 0) is 61.3 Å². The van der Waals surface area contributed by atoms with Crippen molar-refractivity contribution in [3.05, 3.63) is 64.4 Å². The van der Waals surface area contributed by atoms with Crippen LogP contribution in [0.2, 0.25) is 0 Å². The van der Waals surface area contributed by atoms with Crippen LogP contribution in [-0.2, 0) is 13.5 Å². The van der Waals surface area contributed by atoms with E-state index in [1.807, 2.05) is 24.3 Å². The molecule has 2 heterocycles. The highest BCUT2D eigenvalue weighted by molar-refractivity contribution is 5.73. The van der Waals surface area contributed by atoms with Crippen LogP contribution >= 0.6 is 0 Å². The first-order valence-electron chi connectivity index (χ1n) is 9.41. The fourth-order valence-corrected chi connectivity index (χ4v) is 3.72. The Morgan fingerprint density at radius 3 is 2.52 bits per heavy atom. The highest BCUT2D eigenvalue weighted by atomic mass is 19.1. The first-order chi connectivity index (χ1) is 13.1. The van der Waals surface area contributed by atoms with Gasteiger partial charge in [0.1, 0.15) is 5.82 Å². The molecule has 0 bridgehead atoms. The van der Waals surface area contributed by atoms with Gasteiger partial charge in [-0.1, -0.05) is 6.07 Å². The lowest BCUT2D eigenvalue weighted by atomic mass is 10.1. The highest BCUT2D eigenvalue weighted by Crippen LogP contribution is 2.18. The molecule has 142 valence electrons. The quantitative estimate of drug-likeness (QED) is 0.693. The summed E-state index contributed by atoms with van der Waals surface area (Å²) in [5.41, 5.74) is 3.78. The number of piperazine rings is 1. The minimum Gasteiger partial charge on any atom is -0.408 e. The minimum atomic E-state index is -0.318. The van der Waals surface area contributed by atoms with Crippen LogP contribution in [0.1, 0.15) is 12.0 Å². The van der Waals surface area contributed by atoms with Crippen LogP contribution in [0.5, 0.6) is 0 Å². The summed E-state index contributed by atoms with van der Waals surface area (Å²) in [4.78, 5) is 16.4. The van der Waals surface area contributed by atoms with Crippen molar-refractivity contribution >= 4 is 16.8 Å². The third-order valence-corrected chi connectivity index (χ3v) is 5.36. The van der Waals surface area contributed by atoms with Crippen molar-refractivity contribution in [3.63, 3.8) is 0 Å². The van der Waals surface area contributed by atoms with Gasteiger partial charge in [0.25, 0.3) is 0 Å². The van der Waals surface area contributed by atoms with Gasteiger partial charge in [-0.3, -0.25) is 9.47 Å². The zero-order chi connectivity index (χ0) is 18.8. The average Bonchev–Trinajstić information content (AvgIpc) is 2.96. The molecule has 0 aliphatic carbocycles. The fourth-order valence-electron chi connectivity index (χ4n) is 3.72. The molecule has 1 saturated heterocycles. The monoisotopic (exact) mass is 369 g/mol. The minimum absolute atomic E-state index is 0.189. The Balaban J connectivity index is 1.26. The molecule has 0 radical (unpaired) electrons. The first-order valence-corrected chi connectivity index (χ1v) is 9.41. The van der Waals surface area contributed by atoms with Gasteiger partial charge in [0.05, 0.1) is 5.52 Å². The summed E-state index contributed by atoms with van der Waals surface area (Å²) in [7, 11) is 1.72. The SMILES string of the molecule is Cn1c(=O)oc2cc(CCCN3CCN(c4ccc(F)cc4)CC3)ccc21. The molecular formula is C21H24FN3O2. The van der Waals surface area contributed by atoms with E-state index >= 15 is 0 Å². The molecule has 0 amide bonds. The maximum atomic E-state index is 13.1. The van der Waals surface area contributed by atoms with Crippen molar-refractivity contribution in [2.24, 2.45) is 7.05 Å². The van der Waals surface area contributed by atoms with Crippen LogP contribution in [0.25, 0.3) is 11.1 Å².